The number of halogens is 2. The average Bonchev–Trinajstić information content (AvgIpc) is 2.81. The van der Waals surface area contributed by atoms with Gasteiger partial charge in [-0.25, -0.2) is 8.78 Å². The van der Waals surface area contributed by atoms with Crippen molar-refractivity contribution in [2.45, 2.75) is 26.0 Å². The van der Waals surface area contributed by atoms with Crippen LogP contribution in [0.3, 0.4) is 0 Å². The van der Waals surface area contributed by atoms with Gasteiger partial charge in [0.25, 0.3) is 0 Å². The van der Waals surface area contributed by atoms with Gasteiger partial charge in [0.05, 0.1) is 18.8 Å². The second-order valence-electron chi connectivity index (χ2n) is 4.14. The Morgan fingerprint density at radius 3 is 2.78 bits per heavy atom. The number of aromatic nitrogens is 2. The van der Waals surface area contributed by atoms with Gasteiger partial charge in [-0.1, -0.05) is 13.0 Å². The van der Waals surface area contributed by atoms with Crippen LogP contribution in [0.1, 0.15) is 30.6 Å². The predicted octanol–water partition coefficient (Wildman–Crippen LogP) is 2.65. The molecule has 2 aromatic rings. The van der Waals surface area contributed by atoms with Gasteiger partial charge in [0.2, 0.25) is 0 Å². The molecular weight excluding hydrogens is 238 g/mol. The third-order valence-electron chi connectivity index (χ3n) is 2.75. The van der Waals surface area contributed by atoms with E-state index < -0.39 is 17.7 Å². The van der Waals surface area contributed by atoms with Crippen molar-refractivity contribution in [1.82, 2.24) is 9.78 Å². The van der Waals surface area contributed by atoms with Gasteiger partial charge in [0, 0.05) is 11.8 Å². The van der Waals surface area contributed by atoms with Crippen molar-refractivity contribution in [3.63, 3.8) is 0 Å². The maximum Gasteiger partial charge on any atom is 0.159 e. The van der Waals surface area contributed by atoms with E-state index >= 15 is 0 Å². The molecule has 1 unspecified atom stereocenters. The van der Waals surface area contributed by atoms with Crippen LogP contribution in [0.25, 0.3) is 0 Å². The molecule has 0 aliphatic carbocycles. The van der Waals surface area contributed by atoms with Crippen LogP contribution in [0.15, 0.2) is 30.6 Å². The molecule has 5 heteroatoms. The van der Waals surface area contributed by atoms with Crippen molar-refractivity contribution < 1.29 is 13.9 Å². The molecule has 2 rings (SSSR count). The van der Waals surface area contributed by atoms with Gasteiger partial charge in [-0.2, -0.15) is 5.10 Å². The summed E-state index contributed by atoms with van der Waals surface area (Å²) in [6.45, 7) is 2.21. The third kappa shape index (κ3) is 2.73. The zero-order valence-corrected chi connectivity index (χ0v) is 9.98. The maximum absolute atomic E-state index is 13.0. The van der Waals surface area contributed by atoms with Gasteiger partial charge < -0.3 is 5.11 Å². The van der Waals surface area contributed by atoms with E-state index in [0.717, 1.165) is 17.7 Å². The molecule has 0 saturated heterocycles. The number of aliphatic hydroxyl groups is 1. The number of nitrogens with zero attached hydrogens (tertiary/aromatic N) is 2. The van der Waals surface area contributed by atoms with Crippen molar-refractivity contribution in [2.75, 3.05) is 0 Å². The van der Waals surface area contributed by atoms with E-state index in [4.69, 9.17) is 0 Å². The summed E-state index contributed by atoms with van der Waals surface area (Å²) in [7, 11) is 0. The molecule has 0 bridgehead atoms. The molecule has 0 spiro atoms. The summed E-state index contributed by atoms with van der Waals surface area (Å²) in [6, 6.07) is 3.75. The van der Waals surface area contributed by atoms with E-state index in [9.17, 15) is 13.9 Å². The largest absolute Gasteiger partial charge is 0.388 e. The van der Waals surface area contributed by atoms with Crippen LogP contribution in [-0.4, -0.2) is 14.9 Å². The minimum atomic E-state index is -0.867. The molecule has 96 valence electrons. The van der Waals surface area contributed by atoms with Gasteiger partial charge >= 0.3 is 0 Å². The second-order valence-corrected chi connectivity index (χ2v) is 4.14. The Balaban J connectivity index is 2.13. The summed E-state index contributed by atoms with van der Waals surface area (Å²) in [6.07, 6.45) is 3.35. The number of hydrogen-bond acceptors (Lipinski definition) is 2. The highest BCUT2D eigenvalue weighted by Crippen LogP contribution is 2.16. The lowest BCUT2D eigenvalue weighted by Gasteiger charge is -2.04. The molecule has 1 N–H and O–H groups in total. The highest BCUT2D eigenvalue weighted by Gasteiger charge is 2.08. The first-order valence-electron chi connectivity index (χ1n) is 5.74. The number of hydrogen-bond donors (Lipinski definition) is 1. The molecule has 0 aliphatic rings. The summed E-state index contributed by atoms with van der Waals surface area (Å²) in [5, 5.41) is 13.7. The average molecular weight is 252 g/mol. The minimum absolute atomic E-state index is 0.341. The molecule has 3 nitrogen and oxygen atoms in total. The van der Waals surface area contributed by atoms with Gasteiger partial charge in [-0.3, -0.25) is 4.68 Å². The fraction of sp³-hybridized carbons (Fsp3) is 0.308. The minimum Gasteiger partial charge on any atom is -0.388 e. The number of aliphatic hydroxyl groups excluding tert-OH is 1. The van der Waals surface area contributed by atoms with E-state index in [2.05, 4.69) is 5.10 Å². The first-order valence-corrected chi connectivity index (χ1v) is 5.74. The Morgan fingerprint density at radius 2 is 2.11 bits per heavy atom. The second kappa shape index (κ2) is 5.27. The van der Waals surface area contributed by atoms with Crippen LogP contribution >= 0.6 is 0 Å². The highest BCUT2D eigenvalue weighted by molar-refractivity contribution is 5.18. The summed E-state index contributed by atoms with van der Waals surface area (Å²) >= 11 is 0. The van der Waals surface area contributed by atoms with Gasteiger partial charge in [0.1, 0.15) is 0 Å². The summed E-state index contributed by atoms with van der Waals surface area (Å²) in [4.78, 5) is 0. The highest BCUT2D eigenvalue weighted by atomic mass is 19.2. The summed E-state index contributed by atoms with van der Waals surface area (Å²) in [5.41, 5.74) is 1.34. The Kier molecular flexibility index (Phi) is 3.72. The zero-order valence-electron chi connectivity index (χ0n) is 9.98. The quantitative estimate of drug-likeness (QED) is 0.908. The lowest BCUT2D eigenvalue weighted by Crippen LogP contribution is -2.01. The Hall–Kier alpha value is -1.75. The van der Waals surface area contributed by atoms with Gasteiger partial charge in [0.15, 0.2) is 11.6 Å². The van der Waals surface area contributed by atoms with Crippen LogP contribution in [0, 0.1) is 11.6 Å². The number of benzene rings is 1. The van der Waals surface area contributed by atoms with E-state index in [-0.39, 0.29) is 0 Å². The molecule has 0 fully saturated rings. The smallest absolute Gasteiger partial charge is 0.159 e. The third-order valence-corrected chi connectivity index (χ3v) is 2.75. The molecule has 0 amide bonds. The normalized spacial score (nSPS) is 12.7. The maximum atomic E-state index is 13.0. The first kappa shape index (κ1) is 12.7. The fourth-order valence-electron chi connectivity index (χ4n) is 1.70. The molecule has 1 aromatic carbocycles. The van der Waals surface area contributed by atoms with Crippen molar-refractivity contribution in [2.24, 2.45) is 0 Å². The Labute approximate surface area is 104 Å². The predicted molar refractivity (Wildman–Crippen MR) is 62.9 cm³/mol. The lowest BCUT2D eigenvalue weighted by atomic mass is 10.1. The van der Waals surface area contributed by atoms with Crippen molar-refractivity contribution >= 4 is 0 Å². The first-order chi connectivity index (χ1) is 8.60. The van der Waals surface area contributed by atoms with Crippen LogP contribution < -0.4 is 0 Å². The van der Waals surface area contributed by atoms with Crippen LogP contribution in [0.4, 0.5) is 8.78 Å². The van der Waals surface area contributed by atoms with Crippen LogP contribution in [-0.2, 0) is 6.54 Å². The molecule has 0 aliphatic heterocycles. The van der Waals surface area contributed by atoms with E-state index in [1.165, 1.54) is 6.07 Å². The van der Waals surface area contributed by atoms with Gasteiger partial charge in [-0.15, -0.1) is 0 Å². The molecule has 0 saturated carbocycles. The molecule has 1 aromatic heterocycles. The molecular formula is C13H14F2N2O. The van der Waals surface area contributed by atoms with Crippen molar-refractivity contribution in [1.29, 1.82) is 0 Å². The van der Waals surface area contributed by atoms with Crippen LogP contribution in [0.2, 0.25) is 0 Å². The topological polar surface area (TPSA) is 38.1 Å². The van der Waals surface area contributed by atoms with Crippen molar-refractivity contribution in [3.8, 4) is 0 Å². The lowest BCUT2D eigenvalue weighted by molar-refractivity contribution is 0.173. The van der Waals surface area contributed by atoms with Crippen LogP contribution in [0.5, 0.6) is 0 Å². The molecule has 18 heavy (non-hydrogen) atoms. The monoisotopic (exact) mass is 252 g/mol. The molecule has 0 radical (unpaired) electrons. The zero-order chi connectivity index (χ0) is 13.1. The van der Waals surface area contributed by atoms with E-state index in [0.29, 0.717) is 18.5 Å². The number of rotatable bonds is 4. The summed E-state index contributed by atoms with van der Waals surface area (Å²) < 4.78 is 27.4. The Morgan fingerprint density at radius 1 is 1.33 bits per heavy atom. The SMILES string of the molecule is CCC(O)c1cnn(Cc2ccc(F)c(F)c2)c1. The van der Waals surface area contributed by atoms with Gasteiger partial charge in [-0.05, 0) is 24.1 Å². The Bertz CT molecular complexity index is 540. The van der Waals surface area contributed by atoms with E-state index in [1.807, 2.05) is 6.92 Å². The molecule has 1 heterocycles. The van der Waals surface area contributed by atoms with Crippen molar-refractivity contribution in [3.05, 3.63) is 53.4 Å². The standard InChI is InChI=1S/C13H14F2N2O/c1-2-13(18)10-6-16-17(8-10)7-9-3-4-11(14)12(15)5-9/h3-6,8,13,18H,2,7H2,1H3. The van der Waals surface area contributed by atoms with E-state index in [1.54, 1.807) is 17.1 Å². The summed E-state index contributed by atoms with van der Waals surface area (Å²) in [5.74, 6) is -1.73. The molecule has 1 atom stereocenters. The fourth-order valence-corrected chi connectivity index (χ4v) is 1.70.